The Hall–Kier alpha value is -1.79. The topological polar surface area (TPSA) is 105 Å². The number of amides is 2. The fourth-order valence-corrected chi connectivity index (χ4v) is 1.37. The second-order valence-electron chi connectivity index (χ2n) is 3.79. The standard InChI is InChI=1S/C10H16N2O5/c1-2-17-7(13)5-11-10(16)12-8(9(14)15)6-3-4-6/h6,8H,2-5H2,1H3,(H,14,15)(H2,11,12,16). The Morgan fingerprint density at radius 1 is 1.41 bits per heavy atom. The maximum atomic E-state index is 11.3. The molecule has 1 saturated carbocycles. The molecule has 0 aromatic rings. The van der Waals surface area contributed by atoms with Crippen molar-refractivity contribution < 1.29 is 24.2 Å². The summed E-state index contributed by atoms with van der Waals surface area (Å²) in [6.45, 7) is 1.63. The average Bonchev–Trinajstić information content (AvgIpc) is 3.07. The van der Waals surface area contributed by atoms with Gasteiger partial charge in [-0.15, -0.1) is 0 Å². The number of hydrogen-bond donors (Lipinski definition) is 3. The second-order valence-corrected chi connectivity index (χ2v) is 3.79. The first-order valence-electron chi connectivity index (χ1n) is 5.47. The number of hydrogen-bond acceptors (Lipinski definition) is 4. The van der Waals surface area contributed by atoms with Gasteiger partial charge in [0.2, 0.25) is 0 Å². The molecule has 0 spiro atoms. The van der Waals surface area contributed by atoms with Gasteiger partial charge in [0.25, 0.3) is 0 Å². The van der Waals surface area contributed by atoms with Gasteiger partial charge >= 0.3 is 18.0 Å². The van der Waals surface area contributed by atoms with Crippen molar-refractivity contribution in [1.82, 2.24) is 10.6 Å². The van der Waals surface area contributed by atoms with E-state index in [1.54, 1.807) is 6.92 Å². The summed E-state index contributed by atoms with van der Waals surface area (Å²) in [7, 11) is 0. The van der Waals surface area contributed by atoms with Crippen LogP contribution in [0.3, 0.4) is 0 Å². The molecule has 0 saturated heterocycles. The Bertz CT molecular complexity index is 314. The highest BCUT2D eigenvalue weighted by atomic mass is 16.5. The van der Waals surface area contributed by atoms with Crippen LogP contribution in [-0.2, 0) is 14.3 Å². The van der Waals surface area contributed by atoms with E-state index in [0.717, 1.165) is 12.8 Å². The quantitative estimate of drug-likeness (QED) is 0.557. The van der Waals surface area contributed by atoms with E-state index in [9.17, 15) is 14.4 Å². The number of carbonyl (C=O) groups excluding carboxylic acids is 2. The van der Waals surface area contributed by atoms with Gasteiger partial charge < -0.3 is 20.5 Å². The van der Waals surface area contributed by atoms with Crippen molar-refractivity contribution in [3.05, 3.63) is 0 Å². The van der Waals surface area contributed by atoms with E-state index < -0.39 is 24.0 Å². The van der Waals surface area contributed by atoms with Crippen LogP contribution in [0.25, 0.3) is 0 Å². The number of urea groups is 1. The van der Waals surface area contributed by atoms with E-state index in [-0.39, 0.29) is 19.1 Å². The third kappa shape index (κ3) is 4.71. The van der Waals surface area contributed by atoms with Crippen LogP contribution in [0.1, 0.15) is 19.8 Å². The number of nitrogens with one attached hydrogen (secondary N) is 2. The lowest BCUT2D eigenvalue weighted by molar-refractivity contribution is -0.141. The molecule has 1 aliphatic carbocycles. The lowest BCUT2D eigenvalue weighted by Gasteiger charge is -2.13. The summed E-state index contributed by atoms with van der Waals surface area (Å²) >= 11 is 0. The summed E-state index contributed by atoms with van der Waals surface area (Å²) in [5.41, 5.74) is 0. The molecule has 7 nitrogen and oxygen atoms in total. The Morgan fingerprint density at radius 2 is 2.06 bits per heavy atom. The van der Waals surface area contributed by atoms with Crippen molar-refractivity contribution in [1.29, 1.82) is 0 Å². The average molecular weight is 244 g/mol. The Morgan fingerprint density at radius 3 is 2.53 bits per heavy atom. The van der Waals surface area contributed by atoms with Crippen molar-refractivity contribution >= 4 is 18.0 Å². The zero-order chi connectivity index (χ0) is 12.8. The molecular weight excluding hydrogens is 228 g/mol. The van der Waals surface area contributed by atoms with E-state index in [1.807, 2.05) is 0 Å². The highest BCUT2D eigenvalue weighted by Crippen LogP contribution is 2.32. The molecule has 96 valence electrons. The van der Waals surface area contributed by atoms with Gasteiger partial charge in [0.05, 0.1) is 6.61 Å². The van der Waals surface area contributed by atoms with Crippen LogP contribution in [0.5, 0.6) is 0 Å². The van der Waals surface area contributed by atoms with Crippen LogP contribution in [-0.4, -0.2) is 42.3 Å². The number of aliphatic carboxylic acids is 1. The lowest BCUT2D eigenvalue weighted by Crippen LogP contribution is -2.48. The third-order valence-electron chi connectivity index (χ3n) is 2.34. The zero-order valence-electron chi connectivity index (χ0n) is 9.56. The molecule has 1 aliphatic rings. The third-order valence-corrected chi connectivity index (χ3v) is 2.34. The highest BCUT2D eigenvalue weighted by Gasteiger charge is 2.37. The fraction of sp³-hybridized carbons (Fsp3) is 0.700. The zero-order valence-corrected chi connectivity index (χ0v) is 9.56. The molecule has 0 aromatic carbocycles. The fourth-order valence-electron chi connectivity index (χ4n) is 1.37. The van der Waals surface area contributed by atoms with Crippen molar-refractivity contribution in [3.63, 3.8) is 0 Å². The minimum Gasteiger partial charge on any atom is -0.480 e. The van der Waals surface area contributed by atoms with Gasteiger partial charge in [0.15, 0.2) is 0 Å². The molecule has 0 heterocycles. The molecule has 3 N–H and O–H groups in total. The molecular formula is C10H16N2O5. The predicted octanol–water partition coefficient (Wildman–Crippen LogP) is -0.288. The van der Waals surface area contributed by atoms with Crippen LogP contribution in [0.15, 0.2) is 0 Å². The maximum Gasteiger partial charge on any atom is 0.326 e. The van der Waals surface area contributed by atoms with Crippen molar-refractivity contribution in [2.24, 2.45) is 5.92 Å². The first kappa shape index (κ1) is 13.3. The van der Waals surface area contributed by atoms with Crippen LogP contribution in [0, 0.1) is 5.92 Å². The SMILES string of the molecule is CCOC(=O)CNC(=O)NC(C(=O)O)C1CC1. The smallest absolute Gasteiger partial charge is 0.326 e. The molecule has 7 heteroatoms. The van der Waals surface area contributed by atoms with Gasteiger partial charge in [-0.25, -0.2) is 9.59 Å². The minimum absolute atomic E-state index is 0.000781. The van der Waals surface area contributed by atoms with Gasteiger partial charge in [-0.2, -0.15) is 0 Å². The molecule has 1 atom stereocenters. The number of esters is 1. The summed E-state index contributed by atoms with van der Waals surface area (Å²) in [4.78, 5) is 33.1. The largest absolute Gasteiger partial charge is 0.480 e. The summed E-state index contributed by atoms with van der Waals surface area (Å²) in [6, 6.07) is -1.55. The predicted molar refractivity (Wildman–Crippen MR) is 57.3 cm³/mol. The number of ether oxygens (including phenoxy) is 1. The number of carboxylic acid groups (broad SMARTS) is 1. The van der Waals surface area contributed by atoms with Crippen LogP contribution in [0.2, 0.25) is 0 Å². The van der Waals surface area contributed by atoms with Gasteiger partial charge in [-0.3, -0.25) is 4.79 Å². The van der Waals surface area contributed by atoms with Crippen molar-refractivity contribution in [3.8, 4) is 0 Å². The summed E-state index contributed by atoms with van der Waals surface area (Å²) in [5.74, 6) is -1.61. The molecule has 0 bridgehead atoms. The number of rotatable bonds is 6. The molecule has 1 unspecified atom stereocenters. The van der Waals surface area contributed by atoms with E-state index in [1.165, 1.54) is 0 Å². The molecule has 0 radical (unpaired) electrons. The van der Waals surface area contributed by atoms with E-state index >= 15 is 0 Å². The van der Waals surface area contributed by atoms with Crippen molar-refractivity contribution in [2.45, 2.75) is 25.8 Å². The molecule has 0 aliphatic heterocycles. The van der Waals surface area contributed by atoms with Crippen LogP contribution >= 0.6 is 0 Å². The Kier molecular flexibility index (Phi) is 4.74. The number of carbonyl (C=O) groups is 3. The van der Waals surface area contributed by atoms with E-state index in [4.69, 9.17) is 5.11 Å². The van der Waals surface area contributed by atoms with Crippen LogP contribution < -0.4 is 10.6 Å². The monoisotopic (exact) mass is 244 g/mol. The normalized spacial score (nSPS) is 15.8. The summed E-state index contributed by atoms with van der Waals surface area (Å²) in [6.07, 6.45) is 1.60. The Labute approximate surface area is 98.5 Å². The summed E-state index contributed by atoms with van der Waals surface area (Å²) < 4.78 is 4.61. The Balaban J connectivity index is 2.27. The van der Waals surface area contributed by atoms with Crippen LogP contribution in [0.4, 0.5) is 4.79 Å². The molecule has 1 fully saturated rings. The molecule has 0 aromatic heterocycles. The highest BCUT2D eigenvalue weighted by molar-refractivity contribution is 5.85. The molecule has 1 rings (SSSR count). The van der Waals surface area contributed by atoms with Gasteiger partial charge in [0.1, 0.15) is 12.6 Å². The van der Waals surface area contributed by atoms with Gasteiger partial charge in [-0.05, 0) is 25.7 Å². The first-order chi connectivity index (χ1) is 8.04. The second kappa shape index (κ2) is 6.07. The maximum absolute atomic E-state index is 11.3. The molecule has 17 heavy (non-hydrogen) atoms. The minimum atomic E-state index is -1.06. The van der Waals surface area contributed by atoms with Gasteiger partial charge in [-0.1, -0.05) is 0 Å². The first-order valence-corrected chi connectivity index (χ1v) is 5.47. The molecule has 2 amide bonds. The van der Waals surface area contributed by atoms with E-state index in [2.05, 4.69) is 15.4 Å². The van der Waals surface area contributed by atoms with Gasteiger partial charge in [0, 0.05) is 0 Å². The summed E-state index contributed by atoms with van der Waals surface area (Å²) in [5, 5.41) is 13.4. The lowest BCUT2D eigenvalue weighted by atomic mass is 10.2. The number of carboxylic acids is 1. The van der Waals surface area contributed by atoms with Crippen molar-refractivity contribution in [2.75, 3.05) is 13.2 Å². The van der Waals surface area contributed by atoms with E-state index in [0.29, 0.717) is 0 Å².